The van der Waals surface area contributed by atoms with E-state index >= 15 is 0 Å². The molecule has 1 aromatic heterocycles. The third-order valence-corrected chi connectivity index (χ3v) is 2.64. The van der Waals surface area contributed by atoms with E-state index < -0.39 is 0 Å². The van der Waals surface area contributed by atoms with E-state index in [4.69, 9.17) is 9.47 Å². The fourth-order valence-electron chi connectivity index (χ4n) is 1.42. The molecule has 0 spiro atoms. The monoisotopic (exact) mass is 267 g/mol. The van der Waals surface area contributed by atoms with E-state index in [1.165, 1.54) is 0 Å². The van der Waals surface area contributed by atoms with E-state index in [2.05, 4.69) is 29.1 Å². The molecule has 108 valence electrons. The molecule has 0 bridgehead atoms. The quantitative estimate of drug-likeness (QED) is 0.745. The average molecular weight is 267 g/mol. The molecule has 1 unspecified atom stereocenters. The van der Waals surface area contributed by atoms with Gasteiger partial charge in [-0.15, -0.1) is 0 Å². The second-order valence-corrected chi connectivity index (χ2v) is 4.41. The maximum Gasteiger partial charge on any atom is 0.219 e. The predicted molar refractivity (Wildman–Crippen MR) is 76.5 cm³/mol. The summed E-state index contributed by atoms with van der Waals surface area (Å²) in [6, 6.07) is 1.84. The van der Waals surface area contributed by atoms with Gasteiger partial charge >= 0.3 is 0 Å². The first-order valence-corrected chi connectivity index (χ1v) is 7.05. The molecular formula is C14H25N3O2. The van der Waals surface area contributed by atoms with Crippen molar-refractivity contribution >= 4 is 5.82 Å². The van der Waals surface area contributed by atoms with Crippen molar-refractivity contribution in [2.45, 2.75) is 53.2 Å². The highest BCUT2D eigenvalue weighted by atomic mass is 16.5. The maximum absolute atomic E-state index is 5.76. The van der Waals surface area contributed by atoms with Gasteiger partial charge in [-0.2, -0.15) is 4.98 Å². The fourth-order valence-corrected chi connectivity index (χ4v) is 1.42. The Balaban J connectivity index is 2.81. The first-order chi connectivity index (χ1) is 9.19. The summed E-state index contributed by atoms with van der Waals surface area (Å²) < 4.78 is 11.1. The van der Waals surface area contributed by atoms with E-state index in [0.717, 1.165) is 25.2 Å². The van der Waals surface area contributed by atoms with Gasteiger partial charge in [0.1, 0.15) is 12.4 Å². The summed E-state index contributed by atoms with van der Waals surface area (Å²) >= 11 is 0. The summed E-state index contributed by atoms with van der Waals surface area (Å²) in [4.78, 5) is 8.78. The minimum Gasteiger partial charge on any atom is -0.475 e. The molecule has 0 aliphatic heterocycles. The van der Waals surface area contributed by atoms with Gasteiger partial charge in [-0.05, 0) is 26.7 Å². The Morgan fingerprint density at radius 3 is 2.68 bits per heavy atom. The molecule has 5 heteroatoms. The molecule has 0 fully saturated rings. The van der Waals surface area contributed by atoms with Crippen LogP contribution in [0.3, 0.4) is 0 Å². The van der Waals surface area contributed by atoms with Crippen LogP contribution in [-0.4, -0.2) is 29.2 Å². The molecule has 0 saturated carbocycles. The van der Waals surface area contributed by atoms with Gasteiger partial charge in [-0.25, -0.2) is 4.98 Å². The second-order valence-electron chi connectivity index (χ2n) is 4.41. The van der Waals surface area contributed by atoms with Crippen LogP contribution in [0.25, 0.3) is 0 Å². The molecule has 0 saturated heterocycles. The zero-order valence-electron chi connectivity index (χ0n) is 12.4. The van der Waals surface area contributed by atoms with Crippen molar-refractivity contribution in [3.63, 3.8) is 0 Å². The standard InChI is InChI=1S/C14H25N3O2/c1-5-8-15-12-9-14(19-11(4)6-2)17-13(16-12)10-18-7-3/h9,11H,5-8,10H2,1-4H3,(H,15,16,17). The lowest BCUT2D eigenvalue weighted by Gasteiger charge is -2.14. The molecule has 1 N–H and O–H groups in total. The number of ether oxygens (including phenoxy) is 2. The van der Waals surface area contributed by atoms with Gasteiger partial charge in [0.05, 0.1) is 6.10 Å². The molecule has 1 aromatic rings. The van der Waals surface area contributed by atoms with Gasteiger partial charge in [0.25, 0.3) is 0 Å². The Morgan fingerprint density at radius 2 is 2.05 bits per heavy atom. The largest absolute Gasteiger partial charge is 0.475 e. The van der Waals surface area contributed by atoms with Crippen LogP contribution in [-0.2, 0) is 11.3 Å². The van der Waals surface area contributed by atoms with Crippen LogP contribution >= 0.6 is 0 Å². The maximum atomic E-state index is 5.76. The number of nitrogens with zero attached hydrogens (tertiary/aromatic N) is 2. The van der Waals surface area contributed by atoms with E-state index in [1.807, 2.05) is 19.9 Å². The van der Waals surface area contributed by atoms with Gasteiger partial charge in [0, 0.05) is 19.2 Å². The molecule has 0 aliphatic carbocycles. The molecule has 0 amide bonds. The highest BCUT2D eigenvalue weighted by Crippen LogP contribution is 2.16. The molecule has 19 heavy (non-hydrogen) atoms. The van der Waals surface area contributed by atoms with Crippen molar-refractivity contribution in [1.82, 2.24) is 9.97 Å². The molecule has 5 nitrogen and oxygen atoms in total. The van der Waals surface area contributed by atoms with Crippen molar-refractivity contribution in [3.05, 3.63) is 11.9 Å². The Hall–Kier alpha value is -1.36. The molecule has 1 atom stereocenters. The van der Waals surface area contributed by atoms with E-state index in [1.54, 1.807) is 0 Å². The smallest absolute Gasteiger partial charge is 0.219 e. The van der Waals surface area contributed by atoms with E-state index in [0.29, 0.717) is 24.9 Å². The molecule has 0 aliphatic rings. The first-order valence-electron chi connectivity index (χ1n) is 7.05. The molecule has 1 rings (SSSR count). The van der Waals surface area contributed by atoms with E-state index in [9.17, 15) is 0 Å². The molecule has 0 aromatic carbocycles. The number of nitrogens with one attached hydrogen (secondary N) is 1. The highest BCUT2D eigenvalue weighted by molar-refractivity contribution is 5.38. The van der Waals surface area contributed by atoms with Crippen LogP contribution in [0.1, 0.15) is 46.4 Å². The Morgan fingerprint density at radius 1 is 1.26 bits per heavy atom. The summed E-state index contributed by atoms with van der Waals surface area (Å²) in [5.41, 5.74) is 0. The summed E-state index contributed by atoms with van der Waals surface area (Å²) in [6.45, 7) is 10.1. The summed E-state index contributed by atoms with van der Waals surface area (Å²) in [5.74, 6) is 2.06. The lowest BCUT2D eigenvalue weighted by Crippen LogP contribution is -2.13. The van der Waals surface area contributed by atoms with Crippen LogP contribution in [0.15, 0.2) is 6.07 Å². The zero-order chi connectivity index (χ0) is 14.1. The average Bonchev–Trinajstić information content (AvgIpc) is 2.42. The molecule has 1 heterocycles. The van der Waals surface area contributed by atoms with Gasteiger partial charge in [-0.1, -0.05) is 13.8 Å². The van der Waals surface area contributed by atoms with Crippen LogP contribution in [0.4, 0.5) is 5.82 Å². The molecule has 0 radical (unpaired) electrons. The van der Waals surface area contributed by atoms with Crippen LogP contribution in [0.5, 0.6) is 5.88 Å². The number of hydrogen-bond donors (Lipinski definition) is 1. The van der Waals surface area contributed by atoms with Crippen molar-refractivity contribution in [3.8, 4) is 5.88 Å². The topological polar surface area (TPSA) is 56.3 Å². The van der Waals surface area contributed by atoms with Gasteiger partial charge in [-0.3, -0.25) is 0 Å². The zero-order valence-corrected chi connectivity index (χ0v) is 12.4. The second kappa shape index (κ2) is 8.69. The third-order valence-electron chi connectivity index (χ3n) is 2.64. The number of anilines is 1. The van der Waals surface area contributed by atoms with Crippen molar-refractivity contribution in [2.24, 2.45) is 0 Å². The van der Waals surface area contributed by atoms with E-state index in [-0.39, 0.29) is 6.10 Å². The van der Waals surface area contributed by atoms with Crippen molar-refractivity contribution in [2.75, 3.05) is 18.5 Å². The van der Waals surface area contributed by atoms with Crippen molar-refractivity contribution in [1.29, 1.82) is 0 Å². The van der Waals surface area contributed by atoms with Gasteiger partial charge in [0.15, 0.2) is 5.82 Å². The van der Waals surface area contributed by atoms with Gasteiger partial charge in [0.2, 0.25) is 5.88 Å². The minimum atomic E-state index is 0.147. The number of hydrogen-bond acceptors (Lipinski definition) is 5. The van der Waals surface area contributed by atoms with Crippen molar-refractivity contribution < 1.29 is 9.47 Å². The van der Waals surface area contributed by atoms with Crippen LogP contribution < -0.4 is 10.1 Å². The Labute approximate surface area is 115 Å². The fraction of sp³-hybridized carbons (Fsp3) is 0.714. The summed E-state index contributed by atoms with van der Waals surface area (Å²) in [6.07, 6.45) is 2.14. The minimum absolute atomic E-state index is 0.147. The lowest BCUT2D eigenvalue weighted by molar-refractivity contribution is 0.126. The Kier molecular flexibility index (Phi) is 7.18. The lowest BCUT2D eigenvalue weighted by atomic mass is 10.3. The third kappa shape index (κ3) is 5.87. The number of rotatable bonds is 9. The summed E-state index contributed by atoms with van der Waals surface area (Å²) in [5, 5.41) is 3.26. The molecular weight excluding hydrogens is 242 g/mol. The van der Waals surface area contributed by atoms with Crippen LogP contribution in [0, 0.1) is 0 Å². The first kappa shape index (κ1) is 15.7. The SMILES string of the molecule is CCCNc1cc(OC(C)CC)nc(COCC)n1. The Bertz CT molecular complexity index is 345. The summed E-state index contributed by atoms with van der Waals surface area (Å²) in [7, 11) is 0. The normalized spacial score (nSPS) is 12.2. The number of aromatic nitrogens is 2. The van der Waals surface area contributed by atoms with Crippen LogP contribution in [0.2, 0.25) is 0 Å². The highest BCUT2D eigenvalue weighted by Gasteiger charge is 2.08. The van der Waals surface area contributed by atoms with Gasteiger partial charge < -0.3 is 14.8 Å². The predicted octanol–water partition coefficient (Wildman–Crippen LogP) is 3.01.